The standard InChI is InChI=1S/C14H23N7/c1-6-15-11-17-12(20(5)10-14(2,3)4)19-13(18-11)21-9-7-8-16-21/h7-9H,6,10H2,1-5H3,(H,15,17,18,19). The average molecular weight is 289 g/mol. The molecule has 21 heavy (non-hydrogen) atoms. The molecule has 0 amide bonds. The third-order valence-corrected chi connectivity index (χ3v) is 2.71. The van der Waals surface area contributed by atoms with Crippen molar-refractivity contribution in [3.63, 3.8) is 0 Å². The Balaban J connectivity index is 2.36. The molecule has 0 aliphatic rings. The summed E-state index contributed by atoms with van der Waals surface area (Å²) in [6.07, 6.45) is 3.52. The van der Waals surface area contributed by atoms with Gasteiger partial charge in [-0.3, -0.25) is 0 Å². The van der Waals surface area contributed by atoms with E-state index in [0.29, 0.717) is 17.8 Å². The second-order valence-electron chi connectivity index (χ2n) is 6.16. The fourth-order valence-corrected chi connectivity index (χ4v) is 2.03. The second kappa shape index (κ2) is 6.07. The van der Waals surface area contributed by atoms with Crippen LogP contribution in [0.15, 0.2) is 18.5 Å². The quantitative estimate of drug-likeness (QED) is 0.907. The van der Waals surface area contributed by atoms with E-state index in [4.69, 9.17) is 0 Å². The molecule has 2 rings (SSSR count). The van der Waals surface area contributed by atoms with Crippen LogP contribution in [-0.4, -0.2) is 44.9 Å². The van der Waals surface area contributed by atoms with Gasteiger partial charge in [-0.05, 0) is 18.4 Å². The van der Waals surface area contributed by atoms with Gasteiger partial charge in [0.25, 0.3) is 5.95 Å². The summed E-state index contributed by atoms with van der Waals surface area (Å²) in [5.41, 5.74) is 0.158. The molecule has 0 bridgehead atoms. The first-order valence-corrected chi connectivity index (χ1v) is 7.10. The van der Waals surface area contributed by atoms with E-state index in [1.807, 2.05) is 31.1 Å². The highest BCUT2D eigenvalue weighted by atomic mass is 15.4. The molecular formula is C14H23N7. The Bertz CT molecular complexity index is 572. The van der Waals surface area contributed by atoms with Crippen LogP contribution in [0, 0.1) is 5.41 Å². The highest BCUT2D eigenvalue weighted by molar-refractivity contribution is 5.39. The number of hydrogen-bond donors (Lipinski definition) is 1. The molecule has 0 radical (unpaired) electrons. The Morgan fingerprint density at radius 3 is 2.57 bits per heavy atom. The first-order valence-electron chi connectivity index (χ1n) is 7.10. The molecule has 7 heteroatoms. The predicted octanol–water partition coefficient (Wildman–Crippen LogP) is 1.97. The van der Waals surface area contributed by atoms with Crippen LogP contribution >= 0.6 is 0 Å². The van der Waals surface area contributed by atoms with Gasteiger partial charge < -0.3 is 10.2 Å². The normalized spacial score (nSPS) is 11.5. The molecular weight excluding hydrogens is 266 g/mol. The van der Waals surface area contributed by atoms with Crippen molar-refractivity contribution in [2.45, 2.75) is 27.7 Å². The van der Waals surface area contributed by atoms with Crippen molar-refractivity contribution in [1.82, 2.24) is 24.7 Å². The predicted molar refractivity (Wildman–Crippen MR) is 83.8 cm³/mol. The van der Waals surface area contributed by atoms with Crippen LogP contribution in [0.25, 0.3) is 5.95 Å². The minimum Gasteiger partial charge on any atom is -0.354 e. The second-order valence-corrected chi connectivity index (χ2v) is 6.16. The molecule has 0 fully saturated rings. The Hall–Kier alpha value is -2.18. The van der Waals surface area contributed by atoms with Crippen molar-refractivity contribution >= 4 is 11.9 Å². The smallest absolute Gasteiger partial charge is 0.257 e. The van der Waals surface area contributed by atoms with Crippen LogP contribution in [0.1, 0.15) is 27.7 Å². The fraction of sp³-hybridized carbons (Fsp3) is 0.571. The van der Waals surface area contributed by atoms with Crippen molar-refractivity contribution in [3.8, 4) is 5.95 Å². The summed E-state index contributed by atoms with van der Waals surface area (Å²) in [6.45, 7) is 10.2. The van der Waals surface area contributed by atoms with Crippen LogP contribution in [0.3, 0.4) is 0 Å². The number of hydrogen-bond acceptors (Lipinski definition) is 6. The molecule has 2 aromatic heterocycles. The number of anilines is 2. The maximum absolute atomic E-state index is 4.51. The van der Waals surface area contributed by atoms with E-state index in [2.05, 4.69) is 46.1 Å². The van der Waals surface area contributed by atoms with Crippen LogP contribution in [-0.2, 0) is 0 Å². The molecule has 114 valence electrons. The van der Waals surface area contributed by atoms with E-state index < -0.39 is 0 Å². The number of nitrogens with zero attached hydrogens (tertiary/aromatic N) is 6. The van der Waals surface area contributed by atoms with E-state index in [1.54, 1.807) is 10.9 Å². The van der Waals surface area contributed by atoms with Crippen molar-refractivity contribution in [2.24, 2.45) is 5.41 Å². The van der Waals surface area contributed by atoms with E-state index in [1.165, 1.54) is 0 Å². The highest BCUT2D eigenvalue weighted by Crippen LogP contribution is 2.19. The summed E-state index contributed by atoms with van der Waals surface area (Å²) >= 11 is 0. The minimum atomic E-state index is 0.158. The lowest BCUT2D eigenvalue weighted by atomic mass is 9.96. The third-order valence-electron chi connectivity index (χ3n) is 2.71. The summed E-state index contributed by atoms with van der Waals surface area (Å²) in [6, 6.07) is 1.84. The van der Waals surface area contributed by atoms with E-state index in [9.17, 15) is 0 Å². The molecule has 7 nitrogen and oxygen atoms in total. The topological polar surface area (TPSA) is 71.8 Å². The van der Waals surface area contributed by atoms with Crippen molar-refractivity contribution in [3.05, 3.63) is 18.5 Å². The zero-order valence-corrected chi connectivity index (χ0v) is 13.3. The summed E-state index contributed by atoms with van der Waals surface area (Å²) in [5.74, 6) is 1.72. The molecule has 0 saturated heterocycles. The van der Waals surface area contributed by atoms with Crippen LogP contribution in [0.4, 0.5) is 11.9 Å². The molecule has 0 saturated carbocycles. The van der Waals surface area contributed by atoms with Gasteiger partial charge in [-0.15, -0.1) is 0 Å². The Morgan fingerprint density at radius 1 is 1.24 bits per heavy atom. The molecule has 0 aliphatic heterocycles. The van der Waals surface area contributed by atoms with Gasteiger partial charge in [0.2, 0.25) is 11.9 Å². The first kappa shape index (κ1) is 15.2. The Kier molecular flexibility index (Phi) is 4.40. The lowest BCUT2D eigenvalue weighted by Crippen LogP contribution is -2.31. The average Bonchev–Trinajstić information content (AvgIpc) is 2.90. The van der Waals surface area contributed by atoms with Gasteiger partial charge in [0.1, 0.15) is 0 Å². The monoisotopic (exact) mass is 289 g/mol. The molecule has 2 heterocycles. The zero-order valence-electron chi connectivity index (χ0n) is 13.3. The van der Waals surface area contributed by atoms with Gasteiger partial charge in [0.05, 0.1) is 0 Å². The van der Waals surface area contributed by atoms with Gasteiger partial charge in [0.15, 0.2) is 0 Å². The lowest BCUT2D eigenvalue weighted by Gasteiger charge is -2.26. The number of nitrogens with one attached hydrogen (secondary N) is 1. The van der Waals surface area contributed by atoms with E-state index in [-0.39, 0.29) is 5.41 Å². The zero-order chi connectivity index (χ0) is 15.5. The van der Waals surface area contributed by atoms with Crippen LogP contribution in [0.5, 0.6) is 0 Å². The van der Waals surface area contributed by atoms with Gasteiger partial charge in [0, 0.05) is 32.5 Å². The van der Waals surface area contributed by atoms with Gasteiger partial charge in [-0.1, -0.05) is 20.8 Å². The lowest BCUT2D eigenvalue weighted by molar-refractivity contribution is 0.416. The summed E-state index contributed by atoms with van der Waals surface area (Å²) < 4.78 is 1.64. The largest absolute Gasteiger partial charge is 0.354 e. The number of rotatable bonds is 5. The van der Waals surface area contributed by atoms with Crippen molar-refractivity contribution in [2.75, 3.05) is 30.4 Å². The number of aromatic nitrogens is 5. The Labute approximate surface area is 125 Å². The maximum atomic E-state index is 4.51. The minimum absolute atomic E-state index is 0.158. The van der Waals surface area contributed by atoms with Crippen LogP contribution in [0.2, 0.25) is 0 Å². The van der Waals surface area contributed by atoms with E-state index >= 15 is 0 Å². The van der Waals surface area contributed by atoms with Crippen molar-refractivity contribution < 1.29 is 0 Å². The van der Waals surface area contributed by atoms with Crippen LogP contribution < -0.4 is 10.2 Å². The van der Waals surface area contributed by atoms with Crippen molar-refractivity contribution in [1.29, 1.82) is 0 Å². The van der Waals surface area contributed by atoms with Gasteiger partial charge in [-0.25, -0.2) is 4.68 Å². The molecule has 2 aromatic rings. The molecule has 0 unspecified atom stereocenters. The van der Waals surface area contributed by atoms with E-state index in [0.717, 1.165) is 13.1 Å². The highest BCUT2D eigenvalue weighted by Gasteiger charge is 2.17. The molecule has 0 aliphatic carbocycles. The first-order chi connectivity index (χ1) is 9.89. The molecule has 0 aromatic carbocycles. The maximum Gasteiger partial charge on any atom is 0.257 e. The fourth-order valence-electron chi connectivity index (χ4n) is 2.03. The van der Waals surface area contributed by atoms with Gasteiger partial charge >= 0.3 is 0 Å². The third kappa shape index (κ3) is 4.14. The van der Waals surface area contributed by atoms with Gasteiger partial charge in [-0.2, -0.15) is 20.1 Å². The summed E-state index contributed by atoms with van der Waals surface area (Å²) in [4.78, 5) is 15.4. The summed E-state index contributed by atoms with van der Waals surface area (Å²) in [5, 5.41) is 7.32. The molecule has 0 spiro atoms. The summed E-state index contributed by atoms with van der Waals surface area (Å²) in [7, 11) is 1.99. The molecule has 1 N–H and O–H groups in total. The SMILES string of the molecule is CCNc1nc(N(C)CC(C)(C)C)nc(-n2cccn2)n1. The molecule has 0 atom stereocenters. The Morgan fingerprint density at radius 2 is 2.00 bits per heavy atom.